The Kier molecular flexibility index (Phi) is 3.95. The van der Waals surface area contributed by atoms with E-state index in [2.05, 4.69) is 10.1 Å². The van der Waals surface area contributed by atoms with Gasteiger partial charge in [-0.05, 0) is 23.6 Å². The minimum Gasteiger partial charge on any atom is -0.366 e. The Balaban J connectivity index is 1.50. The molecule has 0 spiro atoms. The molecule has 2 aromatic heterocycles. The highest BCUT2D eigenvalue weighted by molar-refractivity contribution is 6.31. The van der Waals surface area contributed by atoms with Crippen molar-refractivity contribution in [1.82, 2.24) is 19.6 Å². The molecule has 0 radical (unpaired) electrons. The molecule has 1 aromatic carbocycles. The van der Waals surface area contributed by atoms with Crippen molar-refractivity contribution in [2.75, 3.05) is 19.7 Å². The van der Waals surface area contributed by atoms with Gasteiger partial charge in [0.05, 0.1) is 13.2 Å². The van der Waals surface area contributed by atoms with Gasteiger partial charge < -0.3 is 18.7 Å². The monoisotopic (exact) mass is 346 g/mol. The summed E-state index contributed by atoms with van der Waals surface area (Å²) in [6.07, 6.45) is 2.81. The number of benzene rings is 1. The van der Waals surface area contributed by atoms with Crippen LogP contribution in [0, 0.1) is 0 Å². The average Bonchev–Trinajstić information content (AvgIpc) is 3.25. The van der Waals surface area contributed by atoms with Crippen molar-refractivity contribution in [3.8, 4) is 0 Å². The van der Waals surface area contributed by atoms with Crippen LogP contribution in [0.15, 0.2) is 41.4 Å². The van der Waals surface area contributed by atoms with E-state index in [0.29, 0.717) is 30.5 Å². The number of halogens is 1. The summed E-state index contributed by atoms with van der Waals surface area (Å²) >= 11 is 6.06. The molecule has 7 nitrogen and oxygen atoms in total. The number of amides is 1. The van der Waals surface area contributed by atoms with Crippen LogP contribution in [-0.4, -0.2) is 45.2 Å². The maximum Gasteiger partial charge on any atom is 0.242 e. The Morgan fingerprint density at radius 2 is 2.29 bits per heavy atom. The number of fused-ring (bicyclic) bond motifs is 1. The van der Waals surface area contributed by atoms with Gasteiger partial charge in [-0.25, -0.2) is 0 Å². The fraction of sp³-hybridized carbons (Fsp3) is 0.312. The lowest BCUT2D eigenvalue weighted by Gasteiger charge is -2.31. The smallest absolute Gasteiger partial charge is 0.242 e. The molecule has 0 aliphatic carbocycles. The van der Waals surface area contributed by atoms with Crippen LogP contribution >= 0.6 is 11.6 Å². The van der Waals surface area contributed by atoms with Crippen LogP contribution in [0.1, 0.15) is 11.9 Å². The lowest BCUT2D eigenvalue weighted by Crippen LogP contribution is -2.43. The van der Waals surface area contributed by atoms with E-state index in [9.17, 15) is 4.79 Å². The minimum atomic E-state index is -0.350. The SMILES string of the molecule is O=C(Cn1ccc2ccc(Cl)cc21)N1CCOC(c2ncon2)C1. The highest BCUT2D eigenvalue weighted by atomic mass is 35.5. The molecule has 4 rings (SSSR count). The molecule has 1 amide bonds. The van der Waals surface area contributed by atoms with E-state index in [1.165, 1.54) is 6.39 Å². The number of morpholine rings is 1. The van der Waals surface area contributed by atoms with Gasteiger partial charge in [0, 0.05) is 23.3 Å². The zero-order valence-corrected chi connectivity index (χ0v) is 13.5. The van der Waals surface area contributed by atoms with Gasteiger partial charge in [-0.2, -0.15) is 4.98 Å². The van der Waals surface area contributed by atoms with E-state index < -0.39 is 0 Å². The van der Waals surface area contributed by atoms with E-state index in [0.717, 1.165) is 10.9 Å². The predicted octanol–water partition coefficient (Wildman–Crippen LogP) is 2.28. The van der Waals surface area contributed by atoms with Crippen molar-refractivity contribution < 1.29 is 14.1 Å². The Bertz CT molecular complexity index is 861. The number of hydrogen-bond acceptors (Lipinski definition) is 5. The Morgan fingerprint density at radius 1 is 1.38 bits per heavy atom. The quantitative estimate of drug-likeness (QED) is 0.727. The third-order valence-electron chi connectivity index (χ3n) is 4.13. The van der Waals surface area contributed by atoms with E-state index in [-0.39, 0.29) is 18.6 Å². The lowest BCUT2D eigenvalue weighted by molar-refractivity contribution is -0.139. The van der Waals surface area contributed by atoms with E-state index >= 15 is 0 Å². The summed E-state index contributed by atoms with van der Waals surface area (Å²) in [7, 11) is 0. The number of rotatable bonds is 3. The van der Waals surface area contributed by atoms with Crippen molar-refractivity contribution >= 4 is 28.4 Å². The number of hydrogen-bond donors (Lipinski definition) is 0. The first-order chi connectivity index (χ1) is 11.7. The summed E-state index contributed by atoms with van der Waals surface area (Å²) in [6.45, 7) is 1.66. The van der Waals surface area contributed by atoms with Crippen LogP contribution in [-0.2, 0) is 16.1 Å². The van der Waals surface area contributed by atoms with Gasteiger partial charge in [-0.1, -0.05) is 22.8 Å². The van der Waals surface area contributed by atoms with Crippen LogP contribution in [0.3, 0.4) is 0 Å². The fourth-order valence-corrected chi connectivity index (χ4v) is 3.06. The highest BCUT2D eigenvalue weighted by Crippen LogP contribution is 2.22. The van der Waals surface area contributed by atoms with Crippen molar-refractivity contribution in [1.29, 1.82) is 0 Å². The predicted molar refractivity (Wildman–Crippen MR) is 86.5 cm³/mol. The van der Waals surface area contributed by atoms with Crippen molar-refractivity contribution in [2.45, 2.75) is 12.6 Å². The van der Waals surface area contributed by atoms with E-state index in [1.807, 2.05) is 35.0 Å². The molecule has 3 aromatic rings. The lowest BCUT2D eigenvalue weighted by atomic mass is 10.2. The fourth-order valence-electron chi connectivity index (χ4n) is 2.89. The third-order valence-corrected chi connectivity index (χ3v) is 4.36. The Hall–Kier alpha value is -2.38. The topological polar surface area (TPSA) is 73.4 Å². The molecular weight excluding hydrogens is 332 g/mol. The molecule has 1 aliphatic rings. The summed E-state index contributed by atoms with van der Waals surface area (Å²) in [6, 6.07) is 7.62. The van der Waals surface area contributed by atoms with Gasteiger partial charge in [0.15, 0.2) is 0 Å². The molecule has 3 heterocycles. The standard InChI is InChI=1S/C16H15ClN4O3/c17-12-2-1-11-3-4-20(13(11)7-12)9-15(22)21-5-6-23-14(8-21)16-18-10-24-19-16/h1-4,7,10,14H,5-6,8-9H2. The maximum absolute atomic E-state index is 12.7. The summed E-state index contributed by atoms with van der Waals surface area (Å²) in [5.41, 5.74) is 0.943. The molecule has 1 aliphatic heterocycles. The molecule has 24 heavy (non-hydrogen) atoms. The highest BCUT2D eigenvalue weighted by Gasteiger charge is 2.28. The molecule has 124 valence electrons. The van der Waals surface area contributed by atoms with Crippen molar-refractivity contribution in [3.05, 3.63) is 47.7 Å². The minimum absolute atomic E-state index is 0.0178. The Labute approximate surface area is 142 Å². The molecule has 1 fully saturated rings. The van der Waals surface area contributed by atoms with Crippen LogP contribution in [0.25, 0.3) is 10.9 Å². The number of ether oxygens (including phenoxy) is 1. The average molecular weight is 347 g/mol. The van der Waals surface area contributed by atoms with E-state index in [1.54, 1.807) is 4.90 Å². The first-order valence-corrected chi connectivity index (χ1v) is 7.98. The van der Waals surface area contributed by atoms with E-state index in [4.69, 9.17) is 20.9 Å². The zero-order valence-electron chi connectivity index (χ0n) is 12.8. The van der Waals surface area contributed by atoms with Gasteiger partial charge in [0.2, 0.25) is 18.1 Å². The summed E-state index contributed by atoms with van der Waals surface area (Å²) in [5, 5.41) is 5.50. The normalized spacial score (nSPS) is 18.2. The molecule has 1 unspecified atom stereocenters. The summed E-state index contributed by atoms with van der Waals surface area (Å²) in [4.78, 5) is 18.4. The molecular formula is C16H15ClN4O3. The number of carbonyl (C=O) groups is 1. The number of nitrogens with zero attached hydrogens (tertiary/aromatic N) is 4. The second kappa shape index (κ2) is 6.26. The summed E-state index contributed by atoms with van der Waals surface area (Å²) < 4.78 is 12.3. The third kappa shape index (κ3) is 2.88. The van der Waals surface area contributed by atoms with Crippen LogP contribution in [0.4, 0.5) is 0 Å². The molecule has 1 saturated heterocycles. The zero-order chi connectivity index (χ0) is 16.5. The molecule has 0 bridgehead atoms. The maximum atomic E-state index is 12.7. The second-order valence-electron chi connectivity index (χ2n) is 5.64. The van der Waals surface area contributed by atoms with Gasteiger partial charge in [-0.15, -0.1) is 0 Å². The van der Waals surface area contributed by atoms with Gasteiger partial charge in [0.25, 0.3) is 0 Å². The van der Waals surface area contributed by atoms with Gasteiger partial charge >= 0.3 is 0 Å². The van der Waals surface area contributed by atoms with Gasteiger partial charge in [0.1, 0.15) is 12.6 Å². The largest absolute Gasteiger partial charge is 0.366 e. The van der Waals surface area contributed by atoms with Crippen LogP contribution < -0.4 is 0 Å². The van der Waals surface area contributed by atoms with Crippen LogP contribution in [0.2, 0.25) is 5.02 Å². The van der Waals surface area contributed by atoms with Crippen LogP contribution in [0.5, 0.6) is 0 Å². The molecule has 8 heteroatoms. The molecule has 0 N–H and O–H groups in total. The van der Waals surface area contributed by atoms with Crippen molar-refractivity contribution in [2.24, 2.45) is 0 Å². The molecule has 0 saturated carbocycles. The van der Waals surface area contributed by atoms with Crippen molar-refractivity contribution in [3.63, 3.8) is 0 Å². The Morgan fingerprint density at radius 3 is 3.12 bits per heavy atom. The number of aromatic nitrogens is 3. The molecule has 1 atom stereocenters. The number of carbonyl (C=O) groups excluding carboxylic acids is 1. The summed E-state index contributed by atoms with van der Waals surface area (Å²) in [5.74, 6) is 0.481. The van der Waals surface area contributed by atoms with Gasteiger partial charge in [-0.3, -0.25) is 4.79 Å². The first-order valence-electron chi connectivity index (χ1n) is 7.61. The second-order valence-corrected chi connectivity index (χ2v) is 6.07. The first kappa shape index (κ1) is 15.2.